The molecule has 1 saturated heterocycles. The van der Waals surface area contributed by atoms with E-state index in [4.69, 9.17) is 9.72 Å². The van der Waals surface area contributed by atoms with E-state index in [1.165, 1.54) is 11.1 Å². The van der Waals surface area contributed by atoms with E-state index in [2.05, 4.69) is 107 Å². The summed E-state index contributed by atoms with van der Waals surface area (Å²) in [7, 11) is 0. The average Bonchev–Trinajstić information content (AvgIpc) is 3.44. The highest BCUT2D eigenvalue weighted by Crippen LogP contribution is 2.33. The van der Waals surface area contributed by atoms with Gasteiger partial charge in [0.1, 0.15) is 12.4 Å². The molecule has 1 fully saturated rings. The number of hydrogen-bond donors (Lipinski definition) is 0. The van der Waals surface area contributed by atoms with Gasteiger partial charge in [-0.25, -0.2) is 9.78 Å². The molecule has 6 rings (SSSR count). The van der Waals surface area contributed by atoms with Crippen LogP contribution in [0.15, 0.2) is 115 Å². The van der Waals surface area contributed by atoms with Crippen molar-refractivity contribution >= 4 is 17.1 Å². The molecule has 4 aromatic carbocycles. The number of rotatable bonds is 9. The van der Waals surface area contributed by atoms with Crippen molar-refractivity contribution in [1.82, 2.24) is 19.4 Å². The minimum absolute atomic E-state index is 0.0673. The maximum absolute atomic E-state index is 13.2. The van der Waals surface area contributed by atoms with Gasteiger partial charge >= 0.3 is 6.09 Å². The van der Waals surface area contributed by atoms with Gasteiger partial charge in [0.15, 0.2) is 0 Å². The SMILES string of the molecule is CC(COC(=O)N1CCC(n2c(-c3ccccc3)nc3ccccc32)CC1)N(Cc1ccccc1)Cc1ccccc1. The summed E-state index contributed by atoms with van der Waals surface area (Å²) < 4.78 is 8.29. The molecule has 6 heteroatoms. The quantitative estimate of drug-likeness (QED) is 0.187. The van der Waals surface area contributed by atoms with E-state index in [1.54, 1.807) is 0 Å². The van der Waals surface area contributed by atoms with Gasteiger partial charge in [-0.1, -0.05) is 103 Å². The van der Waals surface area contributed by atoms with E-state index in [-0.39, 0.29) is 18.2 Å². The first-order valence-electron chi connectivity index (χ1n) is 14.9. The van der Waals surface area contributed by atoms with Crippen LogP contribution in [0, 0.1) is 0 Å². The molecule has 0 spiro atoms. The largest absolute Gasteiger partial charge is 0.448 e. The normalized spacial score (nSPS) is 14.8. The Morgan fingerprint density at radius 3 is 1.98 bits per heavy atom. The fraction of sp³-hybridized carbons (Fsp3) is 0.278. The van der Waals surface area contributed by atoms with E-state index in [0.717, 1.165) is 48.4 Å². The van der Waals surface area contributed by atoms with Crippen molar-refractivity contribution in [1.29, 1.82) is 0 Å². The first kappa shape index (κ1) is 27.7. The van der Waals surface area contributed by atoms with Gasteiger partial charge in [0.2, 0.25) is 0 Å². The summed E-state index contributed by atoms with van der Waals surface area (Å²) in [4.78, 5) is 22.4. The van der Waals surface area contributed by atoms with Crippen molar-refractivity contribution in [2.75, 3.05) is 19.7 Å². The number of fused-ring (bicyclic) bond motifs is 1. The van der Waals surface area contributed by atoms with Gasteiger partial charge in [-0.15, -0.1) is 0 Å². The number of ether oxygens (including phenoxy) is 1. The summed E-state index contributed by atoms with van der Waals surface area (Å²) in [5.74, 6) is 0.989. The van der Waals surface area contributed by atoms with Crippen LogP contribution >= 0.6 is 0 Å². The predicted molar refractivity (Wildman–Crippen MR) is 168 cm³/mol. The first-order valence-corrected chi connectivity index (χ1v) is 14.9. The number of piperidine rings is 1. The summed E-state index contributed by atoms with van der Waals surface area (Å²) in [6, 6.07) is 40.0. The maximum Gasteiger partial charge on any atom is 0.409 e. The number of para-hydroxylation sites is 2. The van der Waals surface area contributed by atoms with Crippen LogP contribution in [0.25, 0.3) is 22.4 Å². The van der Waals surface area contributed by atoms with Crippen LogP contribution in [0.3, 0.4) is 0 Å². The van der Waals surface area contributed by atoms with Gasteiger partial charge in [-0.3, -0.25) is 4.90 Å². The second-order valence-corrected chi connectivity index (χ2v) is 11.2. The number of nitrogens with zero attached hydrogens (tertiary/aromatic N) is 4. The lowest BCUT2D eigenvalue weighted by molar-refractivity contribution is 0.0569. The molecule has 1 aliphatic heterocycles. The Hall–Kier alpha value is -4.42. The zero-order chi connectivity index (χ0) is 28.7. The number of imidazole rings is 1. The van der Waals surface area contributed by atoms with Gasteiger partial charge < -0.3 is 14.2 Å². The molecule has 0 N–H and O–H groups in total. The second kappa shape index (κ2) is 13.0. The lowest BCUT2D eigenvalue weighted by Gasteiger charge is -2.34. The van der Waals surface area contributed by atoms with Crippen molar-refractivity contribution in [3.05, 3.63) is 126 Å². The van der Waals surface area contributed by atoms with E-state index >= 15 is 0 Å². The van der Waals surface area contributed by atoms with Crippen LogP contribution < -0.4 is 0 Å². The fourth-order valence-corrected chi connectivity index (χ4v) is 5.90. The molecule has 42 heavy (non-hydrogen) atoms. The highest BCUT2D eigenvalue weighted by Gasteiger charge is 2.28. The minimum Gasteiger partial charge on any atom is -0.448 e. The fourth-order valence-electron chi connectivity index (χ4n) is 5.90. The standard InChI is InChI=1S/C36H38N4O2/c1-28(39(25-29-13-5-2-6-14-29)26-30-15-7-3-8-16-30)27-42-36(41)38-23-21-32(22-24-38)40-34-20-12-11-19-33(34)37-35(40)31-17-9-4-10-18-31/h2-20,28,32H,21-27H2,1H3. The molecule has 0 bridgehead atoms. The number of carbonyl (C=O) groups is 1. The van der Waals surface area contributed by atoms with Crippen molar-refractivity contribution in [2.24, 2.45) is 0 Å². The smallest absolute Gasteiger partial charge is 0.409 e. The summed E-state index contributed by atoms with van der Waals surface area (Å²) >= 11 is 0. The molecule has 1 amide bonds. The number of aromatic nitrogens is 2. The molecule has 1 unspecified atom stereocenters. The molecule has 0 saturated carbocycles. The second-order valence-electron chi connectivity index (χ2n) is 11.2. The first-order chi connectivity index (χ1) is 20.7. The number of benzene rings is 4. The van der Waals surface area contributed by atoms with Crippen molar-refractivity contribution < 1.29 is 9.53 Å². The Balaban J connectivity index is 1.09. The number of carbonyl (C=O) groups excluding carboxylic acids is 1. The van der Waals surface area contributed by atoms with Crippen LogP contribution in [0.2, 0.25) is 0 Å². The molecule has 0 aliphatic carbocycles. The summed E-state index contributed by atoms with van der Waals surface area (Å²) in [6.45, 7) is 5.40. The Morgan fingerprint density at radius 2 is 1.36 bits per heavy atom. The Morgan fingerprint density at radius 1 is 0.810 bits per heavy atom. The zero-order valence-corrected chi connectivity index (χ0v) is 24.2. The molecule has 5 aromatic rings. The van der Waals surface area contributed by atoms with Gasteiger partial charge in [0.25, 0.3) is 0 Å². The predicted octanol–water partition coefficient (Wildman–Crippen LogP) is 7.57. The summed E-state index contributed by atoms with van der Waals surface area (Å²) in [5, 5.41) is 0. The van der Waals surface area contributed by atoms with Gasteiger partial charge in [-0.2, -0.15) is 0 Å². The number of hydrogen-bond acceptors (Lipinski definition) is 4. The van der Waals surface area contributed by atoms with Crippen molar-refractivity contribution in [3.63, 3.8) is 0 Å². The van der Waals surface area contributed by atoms with Crippen LogP contribution in [0.5, 0.6) is 0 Å². The Kier molecular flexibility index (Phi) is 8.61. The van der Waals surface area contributed by atoms with E-state index < -0.39 is 0 Å². The number of likely N-dealkylation sites (tertiary alicyclic amines) is 1. The zero-order valence-electron chi connectivity index (χ0n) is 24.2. The highest BCUT2D eigenvalue weighted by atomic mass is 16.6. The third kappa shape index (κ3) is 6.39. The average molecular weight is 559 g/mol. The lowest BCUT2D eigenvalue weighted by Crippen LogP contribution is -2.42. The van der Waals surface area contributed by atoms with Crippen LogP contribution in [-0.2, 0) is 17.8 Å². The Bertz CT molecular complexity index is 1540. The summed E-state index contributed by atoms with van der Waals surface area (Å²) in [6.07, 6.45) is 1.50. The lowest BCUT2D eigenvalue weighted by atomic mass is 10.0. The van der Waals surface area contributed by atoms with E-state index in [9.17, 15) is 4.79 Å². The Labute approximate surface area is 248 Å². The van der Waals surface area contributed by atoms with Gasteiger partial charge in [0.05, 0.1) is 11.0 Å². The molecule has 214 valence electrons. The molecule has 1 atom stereocenters. The molecular weight excluding hydrogens is 520 g/mol. The van der Waals surface area contributed by atoms with E-state index in [0.29, 0.717) is 19.7 Å². The molecule has 1 aliphatic rings. The van der Waals surface area contributed by atoms with Crippen LogP contribution in [0.4, 0.5) is 4.79 Å². The minimum atomic E-state index is -0.224. The molecule has 6 nitrogen and oxygen atoms in total. The number of amides is 1. The monoisotopic (exact) mass is 558 g/mol. The highest BCUT2D eigenvalue weighted by molar-refractivity contribution is 5.81. The molecule has 0 radical (unpaired) electrons. The third-order valence-corrected chi connectivity index (χ3v) is 8.24. The van der Waals surface area contributed by atoms with Crippen LogP contribution in [0.1, 0.15) is 36.9 Å². The van der Waals surface area contributed by atoms with Crippen LogP contribution in [-0.4, -0.2) is 51.2 Å². The van der Waals surface area contributed by atoms with Crippen molar-refractivity contribution in [3.8, 4) is 11.4 Å². The molecule has 2 heterocycles. The van der Waals surface area contributed by atoms with E-state index in [1.807, 2.05) is 29.2 Å². The third-order valence-electron chi connectivity index (χ3n) is 8.24. The maximum atomic E-state index is 13.2. The molecule has 1 aromatic heterocycles. The van der Waals surface area contributed by atoms with Gasteiger partial charge in [-0.05, 0) is 43.0 Å². The van der Waals surface area contributed by atoms with Gasteiger partial charge in [0, 0.05) is 43.8 Å². The van der Waals surface area contributed by atoms with Crippen molar-refractivity contribution in [2.45, 2.75) is 44.9 Å². The molecular formula is C36H38N4O2. The topological polar surface area (TPSA) is 50.6 Å². The summed E-state index contributed by atoms with van der Waals surface area (Å²) in [5.41, 5.74) is 5.75.